The minimum absolute atomic E-state index is 0.0407. The van der Waals surface area contributed by atoms with E-state index in [0.717, 1.165) is 0 Å². The molecule has 0 aliphatic heterocycles. The number of para-hydroxylation sites is 1. The predicted molar refractivity (Wildman–Crippen MR) is 54.5 cm³/mol. The van der Waals surface area contributed by atoms with Gasteiger partial charge in [0.15, 0.2) is 0 Å². The molecule has 1 aromatic rings. The normalized spacial score (nSPS) is 10.1. The Morgan fingerprint density at radius 3 is 2.86 bits per heavy atom. The van der Waals surface area contributed by atoms with Gasteiger partial charge in [0.25, 0.3) is 0 Å². The lowest BCUT2D eigenvalue weighted by molar-refractivity contribution is 0.110. The van der Waals surface area contributed by atoms with Crippen molar-refractivity contribution in [3.8, 4) is 11.5 Å². The van der Waals surface area contributed by atoms with Crippen molar-refractivity contribution in [3.63, 3.8) is 0 Å². The van der Waals surface area contributed by atoms with Crippen molar-refractivity contribution in [2.24, 2.45) is 0 Å². The molecule has 1 aromatic carbocycles. The van der Waals surface area contributed by atoms with E-state index in [9.17, 15) is 5.11 Å². The minimum Gasteiger partial charge on any atom is -0.506 e. The van der Waals surface area contributed by atoms with Crippen molar-refractivity contribution in [3.05, 3.63) is 18.2 Å². The maximum absolute atomic E-state index is 9.27. The molecule has 0 saturated carbocycles. The standard InChI is InChI=1S/C10H15NO3/c1-2-13-6-7-14-9-5-3-4-8(12)10(9)11/h3-5,12H,2,6-7,11H2,1H3. The minimum atomic E-state index is 0.0407. The fourth-order valence-corrected chi connectivity index (χ4v) is 1.01. The third-order valence-corrected chi connectivity index (χ3v) is 1.73. The van der Waals surface area contributed by atoms with Crippen molar-refractivity contribution >= 4 is 5.69 Å². The van der Waals surface area contributed by atoms with Gasteiger partial charge < -0.3 is 20.3 Å². The van der Waals surface area contributed by atoms with Crippen LogP contribution in [0.1, 0.15) is 6.92 Å². The van der Waals surface area contributed by atoms with Crippen LogP contribution in [0.3, 0.4) is 0 Å². The van der Waals surface area contributed by atoms with Gasteiger partial charge in [-0.1, -0.05) is 6.07 Å². The highest BCUT2D eigenvalue weighted by Crippen LogP contribution is 2.29. The Morgan fingerprint density at radius 1 is 1.36 bits per heavy atom. The summed E-state index contributed by atoms with van der Waals surface area (Å²) >= 11 is 0. The van der Waals surface area contributed by atoms with Gasteiger partial charge in [-0.25, -0.2) is 0 Å². The first kappa shape index (κ1) is 10.7. The summed E-state index contributed by atoms with van der Waals surface area (Å²) in [5.74, 6) is 0.531. The van der Waals surface area contributed by atoms with Crippen molar-refractivity contribution in [2.75, 3.05) is 25.6 Å². The van der Waals surface area contributed by atoms with Gasteiger partial charge in [-0.3, -0.25) is 0 Å². The molecule has 0 aliphatic rings. The van der Waals surface area contributed by atoms with Gasteiger partial charge in [0, 0.05) is 6.61 Å². The van der Waals surface area contributed by atoms with Crippen LogP contribution in [0, 0.1) is 0 Å². The molecule has 14 heavy (non-hydrogen) atoms. The lowest BCUT2D eigenvalue weighted by Crippen LogP contribution is -2.07. The summed E-state index contributed by atoms with van der Waals surface area (Å²) in [6.07, 6.45) is 0. The SMILES string of the molecule is CCOCCOc1cccc(O)c1N. The zero-order valence-electron chi connectivity index (χ0n) is 8.19. The summed E-state index contributed by atoms with van der Waals surface area (Å²) in [6, 6.07) is 4.91. The molecule has 0 heterocycles. The van der Waals surface area contributed by atoms with E-state index in [1.165, 1.54) is 6.07 Å². The van der Waals surface area contributed by atoms with E-state index in [1.54, 1.807) is 12.1 Å². The predicted octanol–water partition coefficient (Wildman–Crippen LogP) is 1.39. The first-order chi connectivity index (χ1) is 6.75. The third-order valence-electron chi connectivity index (χ3n) is 1.73. The number of aromatic hydroxyl groups is 1. The van der Waals surface area contributed by atoms with E-state index in [2.05, 4.69) is 0 Å². The van der Waals surface area contributed by atoms with Gasteiger partial charge in [0.05, 0.1) is 6.61 Å². The van der Waals surface area contributed by atoms with Crippen LogP contribution in [-0.2, 0) is 4.74 Å². The molecular formula is C10H15NO3. The molecule has 78 valence electrons. The molecule has 4 nitrogen and oxygen atoms in total. The summed E-state index contributed by atoms with van der Waals surface area (Å²) in [4.78, 5) is 0. The number of phenols is 1. The largest absolute Gasteiger partial charge is 0.506 e. The second kappa shape index (κ2) is 5.34. The van der Waals surface area contributed by atoms with E-state index in [0.29, 0.717) is 25.6 Å². The van der Waals surface area contributed by atoms with Gasteiger partial charge in [-0.15, -0.1) is 0 Å². The molecule has 4 heteroatoms. The highest BCUT2D eigenvalue weighted by Gasteiger charge is 2.03. The Bertz CT molecular complexity index is 289. The lowest BCUT2D eigenvalue weighted by Gasteiger charge is -2.09. The Hall–Kier alpha value is -1.42. The first-order valence-corrected chi connectivity index (χ1v) is 4.53. The van der Waals surface area contributed by atoms with Crippen molar-refractivity contribution in [1.82, 2.24) is 0 Å². The lowest BCUT2D eigenvalue weighted by atomic mass is 10.3. The smallest absolute Gasteiger partial charge is 0.146 e. The number of hydrogen-bond acceptors (Lipinski definition) is 4. The molecule has 3 N–H and O–H groups in total. The molecule has 0 aromatic heterocycles. The van der Waals surface area contributed by atoms with Crippen LogP contribution in [0.25, 0.3) is 0 Å². The second-order valence-electron chi connectivity index (χ2n) is 2.73. The molecule has 0 atom stereocenters. The van der Waals surface area contributed by atoms with E-state index in [1.807, 2.05) is 6.92 Å². The molecule has 0 radical (unpaired) electrons. The highest BCUT2D eigenvalue weighted by molar-refractivity contribution is 5.61. The summed E-state index contributed by atoms with van der Waals surface area (Å²) in [6.45, 7) is 3.54. The Morgan fingerprint density at radius 2 is 2.14 bits per heavy atom. The highest BCUT2D eigenvalue weighted by atomic mass is 16.5. The molecule has 0 fully saturated rings. The number of hydrogen-bond donors (Lipinski definition) is 2. The number of benzene rings is 1. The quantitative estimate of drug-likeness (QED) is 0.425. The molecule has 0 spiro atoms. The van der Waals surface area contributed by atoms with Gasteiger partial charge in [0.2, 0.25) is 0 Å². The number of ether oxygens (including phenoxy) is 2. The first-order valence-electron chi connectivity index (χ1n) is 4.53. The second-order valence-corrected chi connectivity index (χ2v) is 2.73. The Balaban J connectivity index is 2.46. The summed E-state index contributed by atoms with van der Waals surface area (Å²) in [5, 5.41) is 9.27. The van der Waals surface area contributed by atoms with Gasteiger partial charge in [0.1, 0.15) is 23.8 Å². The van der Waals surface area contributed by atoms with Crippen LogP contribution in [0.15, 0.2) is 18.2 Å². The van der Waals surface area contributed by atoms with Gasteiger partial charge in [-0.2, -0.15) is 0 Å². The number of nitrogen functional groups attached to an aromatic ring is 1. The average molecular weight is 197 g/mol. The number of anilines is 1. The van der Waals surface area contributed by atoms with E-state index < -0.39 is 0 Å². The van der Waals surface area contributed by atoms with Crippen LogP contribution < -0.4 is 10.5 Å². The van der Waals surface area contributed by atoms with Crippen LogP contribution in [0.5, 0.6) is 11.5 Å². The van der Waals surface area contributed by atoms with Crippen molar-refractivity contribution in [1.29, 1.82) is 0 Å². The van der Waals surface area contributed by atoms with E-state index >= 15 is 0 Å². The molecule has 0 unspecified atom stereocenters. The summed E-state index contributed by atoms with van der Waals surface area (Å²) in [7, 11) is 0. The van der Waals surface area contributed by atoms with Crippen LogP contribution >= 0.6 is 0 Å². The maximum atomic E-state index is 9.27. The van der Waals surface area contributed by atoms with Crippen molar-refractivity contribution in [2.45, 2.75) is 6.92 Å². The van der Waals surface area contributed by atoms with Crippen molar-refractivity contribution < 1.29 is 14.6 Å². The molecule has 0 saturated heterocycles. The summed E-state index contributed by atoms with van der Waals surface area (Å²) in [5.41, 5.74) is 5.85. The molecule has 0 aliphatic carbocycles. The fourth-order valence-electron chi connectivity index (χ4n) is 1.01. The number of rotatable bonds is 5. The maximum Gasteiger partial charge on any atom is 0.146 e. The van der Waals surface area contributed by atoms with E-state index in [4.69, 9.17) is 15.2 Å². The number of phenolic OH excluding ortho intramolecular Hbond substituents is 1. The topological polar surface area (TPSA) is 64.7 Å². The number of nitrogens with two attached hydrogens (primary N) is 1. The van der Waals surface area contributed by atoms with E-state index in [-0.39, 0.29) is 11.4 Å². The Kier molecular flexibility index (Phi) is 4.07. The zero-order valence-corrected chi connectivity index (χ0v) is 8.19. The fraction of sp³-hybridized carbons (Fsp3) is 0.400. The summed E-state index contributed by atoms with van der Waals surface area (Å²) < 4.78 is 10.4. The van der Waals surface area contributed by atoms with Crippen LogP contribution in [0.4, 0.5) is 5.69 Å². The van der Waals surface area contributed by atoms with Gasteiger partial charge in [-0.05, 0) is 19.1 Å². The Labute approximate surface area is 83.3 Å². The zero-order chi connectivity index (χ0) is 10.4. The third kappa shape index (κ3) is 2.81. The molecule has 0 amide bonds. The molecule has 0 bridgehead atoms. The monoisotopic (exact) mass is 197 g/mol. The van der Waals surface area contributed by atoms with Crippen LogP contribution in [0.2, 0.25) is 0 Å². The van der Waals surface area contributed by atoms with Crippen LogP contribution in [-0.4, -0.2) is 24.9 Å². The average Bonchev–Trinajstić information content (AvgIpc) is 2.19. The molecular weight excluding hydrogens is 182 g/mol. The molecule has 1 rings (SSSR count). The van der Waals surface area contributed by atoms with Gasteiger partial charge >= 0.3 is 0 Å².